The van der Waals surface area contributed by atoms with Gasteiger partial charge in [0.2, 0.25) is 0 Å². The lowest BCUT2D eigenvalue weighted by Crippen LogP contribution is -2.34. The van der Waals surface area contributed by atoms with Crippen LogP contribution in [0.1, 0.15) is 29.1 Å². The Kier molecular flexibility index (Phi) is 5.42. The van der Waals surface area contributed by atoms with Crippen molar-refractivity contribution in [3.05, 3.63) is 119 Å². The van der Waals surface area contributed by atoms with E-state index >= 15 is 0 Å². The first-order chi connectivity index (χ1) is 16.4. The van der Waals surface area contributed by atoms with Gasteiger partial charge in [-0.3, -0.25) is 14.2 Å². The Balaban J connectivity index is 1.62. The van der Waals surface area contributed by atoms with Crippen molar-refractivity contribution in [1.82, 2.24) is 14.5 Å². The lowest BCUT2D eigenvalue weighted by atomic mass is 10.1. The van der Waals surface area contributed by atoms with Crippen LogP contribution >= 0.6 is 0 Å². The molecule has 0 radical (unpaired) electrons. The highest BCUT2D eigenvalue weighted by Gasteiger charge is 2.25. The van der Waals surface area contributed by atoms with Crippen LogP contribution in [0.2, 0.25) is 0 Å². The monoisotopic (exact) mass is 451 g/mol. The third kappa shape index (κ3) is 3.73. The number of hydrogen-bond donors (Lipinski definition) is 0. The molecule has 5 nitrogen and oxygen atoms in total. The maximum Gasteiger partial charge on any atom is 0.266 e. The minimum absolute atomic E-state index is 0.189. The number of nitrogens with zero attached hydrogens (tertiary/aromatic N) is 3. The standard InChI is InChI=1S/C28H22FN3O2/c1-18(31(2)27(33)21-12-11-19-7-3-4-8-20(19)17-21)26-30-25-10-6-5-9-24(25)28(34)32(26)23-15-13-22(29)14-16-23/h3-18H,1-2H3. The van der Waals surface area contributed by atoms with Gasteiger partial charge in [0, 0.05) is 12.6 Å². The molecule has 0 saturated heterocycles. The Bertz CT molecular complexity index is 1590. The molecule has 5 aromatic rings. The molecule has 1 aromatic heterocycles. The Morgan fingerprint density at radius 3 is 2.35 bits per heavy atom. The molecule has 0 fully saturated rings. The van der Waals surface area contributed by atoms with Crippen molar-refractivity contribution < 1.29 is 9.18 Å². The van der Waals surface area contributed by atoms with Crippen molar-refractivity contribution in [1.29, 1.82) is 0 Å². The Labute approximate surface area is 195 Å². The first kappa shape index (κ1) is 21.5. The first-order valence-electron chi connectivity index (χ1n) is 11.0. The molecule has 0 bridgehead atoms. The van der Waals surface area contributed by atoms with Gasteiger partial charge in [0.25, 0.3) is 11.5 Å². The van der Waals surface area contributed by atoms with Crippen molar-refractivity contribution in [2.24, 2.45) is 0 Å². The van der Waals surface area contributed by atoms with Crippen LogP contribution in [0.15, 0.2) is 95.8 Å². The maximum absolute atomic E-state index is 13.6. The van der Waals surface area contributed by atoms with E-state index in [0.717, 1.165) is 10.8 Å². The number of rotatable bonds is 4. The summed E-state index contributed by atoms with van der Waals surface area (Å²) in [5.74, 6) is -0.193. The number of carbonyl (C=O) groups excluding carboxylic acids is 1. The van der Waals surface area contributed by atoms with Crippen molar-refractivity contribution in [3.8, 4) is 5.69 Å². The molecule has 6 heteroatoms. The van der Waals surface area contributed by atoms with Crippen molar-refractivity contribution in [2.75, 3.05) is 7.05 Å². The molecule has 4 aromatic carbocycles. The zero-order valence-corrected chi connectivity index (χ0v) is 18.8. The summed E-state index contributed by atoms with van der Waals surface area (Å²) >= 11 is 0. The number of aromatic nitrogens is 2. The van der Waals surface area contributed by atoms with Gasteiger partial charge in [0.05, 0.1) is 22.6 Å². The molecule has 0 aliphatic carbocycles. The van der Waals surface area contributed by atoms with Gasteiger partial charge >= 0.3 is 0 Å². The van der Waals surface area contributed by atoms with Gasteiger partial charge in [-0.05, 0) is 66.2 Å². The first-order valence-corrected chi connectivity index (χ1v) is 11.0. The SMILES string of the molecule is CC(c1nc2ccccc2c(=O)n1-c1ccc(F)cc1)N(C)C(=O)c1ccc2ccccc2c1. The number of carbonyl (C=O) groups is 1. The summed E-state index contributed by atoms with van der Waals surface area (Å²) in [5.41, 5.74) is 1.30. The van der Waals surface area contributed by atoms with Crippen molar-refractivity contribution >= 4 is 27.6 Å². The Morgan fingerprint density at radius 1 is 0.912 bits per heavy atom. The summed E-state index contributed by atoms with van der Waals surface area (Å²) in [6, 6.07) is 25.6. The molecule has 1 unspecified atom stereocenters. The molecule has 0 saturated carbocycles. The zero-order chi connectivity index (χ0) is 23.8. The molecule has 1 amide bonds. The number of hydrogen-bond acceptors (Lipinski definition) is 3. The van der Waals surface area contributed by atoms with Gasteiger partial charge < -0.3 is 4.90 Å². The van der Waals surface area contributed by atoms with Gasteiger partial charge in [0.15, 0.2) is 0 Å². The van der Waals surface area contributed by atoms with E-state index in [0.29, 0.717) is 28.0 Å². The van der Waals surface area contributed by atoms with Gasteiger partial charge in [-0.1, -0.05) is 42.5 Å². The molecule has 0 N–H and O–H groups in total. The van der Waals surface area contributed by atoms with E-state index in [4.69, 9.17) is 4.98 Å². The zero-order valence-electron chi connectivity index (χ0n) is 18.8. The van der Waals surface area contributed by atoms with E-state index in [-0.39, 0.29) is 11.5 Å². The fourth-order valence-electron chi connectivity index (χ4n) is 4.14. The van der Waals surface area contributed by atoms with Crippen LogP contribution in [-0.2, 0) is 0 Å². The summed E-state index contributed by atoms with van der Waals surface area (Å²) in [7, 11) is 1.69. The molecule has 0 aliphatic heterocycles. The van der Waals surface area contributed by atoms with Gasteiger partial charge in [-0.15, -0.1) is 0 Å². The Morgan fingerprint density at radius 2 is 1.59 bits per heavy atom. The molecule has 1 heterocycles. The molecule has 168 valence electrons. The minimum atomic E-state index is -0.540. The molecule has 34 heavy (non-hydrogen) atoms. The highest BCUT2D eigenvalue weighted by Crippen LogP contribution is 2.24. The second kappa shape index (κ2) is 8.56. The number of para-hydroxylation sites is 1. The average molecular weight is 452 g/mol. The van der Waals surface area contributed by atoms with E-state index < -0.39 is 11.9 Å². The number of amides is 1. The Hall–Kier alpha value is -4.32. The third-order valence-corrected chi connectivity index (χ3v) is 6.16. The largest absolute Gasteiger partial charge is 0.332 e. The van der Waals surface area contributed by atoms with Gasteiger partial charge in [0.1, 0.15) is 11.6 Å². The van der Waals surface area contributed by atoms with Gasteiger partial charge in [-0.25, -0.2) is 9.37 Å². The second-order valence-electron chi connectivity index (χ2n) is 8.26. The second-order valence-corrected chi connectivity index (χ2v) is 8.26. The summed E-state index contributed by atoms with van der Waals surface area (Å²) in [6.07, 6.45) is 0. The van der Waals surface area contributed by atoms with E-state index in [1.54, 1.807) is 36.2 Å². The highest BCUT2D eigenvalue weighted by molar-refractivity contribution is 5.98. The van der Waals surface area contributed by atoms with Crippen LogP contribution in [0.5, 0.6) is 0 Å². The van der Waals surface area contributed by atoms with Crippen LogP contribution in [0.25, 0.3) is 27.4 Å². The van der Waals surface area contributed by atoms with Crippen molar-refractivity contribution in [3.63, 3.8) is 0 Å². The van der Waals surface area contributed by atoms with E-state index in [2.05, 4.69) is 0 Å². The fraction of sp³-hybridized carbons (Fsp3) is 0.107. The van der Waals surface area contributed by atoms with Crippen LogP contribution in [0, 0.1) is 5.82 Å². The predicted octanol–water partition coefficient (Wildman–Crippen LogP) is 5.51. The van der Waals surface area contributed by atoms with Crippen LogP contribution in [0.4, 0.5) is 4.39 Å². The lowest BCUT2D eigenvalue weighted by Gasteiger charge is -2.27. The molecular weight excluding hydrogens is 429 g/mol. The highest BCUT2D eigenvalue weighted by atomic mass is 19.1. The van der Waals surface area contributed by atoms with Crippen LogP contribution < -0.4 is 5.56 Å². The average Bonchev–Trinajstić information content (AvgIpc) is 2.87. The molecule has 1 atom stereocenters. The predicted molar refractivity (Wildman–Crippen MR) is 132 cm³/mol. The van der Waals surface area contributed by atoms with E-state index in [9.17, 15) is 14.0 Å². The summed E-state index contributed by atoms with van der Waals surface area (Å²) in [6.45, 7) is 1.83. The molecule has 0 aliphatic rings. The summed E-state index contributed by atoms with van der Waals surface area (Å²) in [4.78, 5) is 33.2. The van der Waals surface area contributed by atoms with Crippen LogP contribution in [0.3, 0.4) is 0 Å². The molecular formula is C28H22FN3O2. The third-order valence-electron chi connectivity index (χ3n) is 6.16. The maximum atomic E-state index is 13.6. The fourth-order valence-corrected chi connectivity index (χ4v) is 4.14. The van der Waals surface area contributed by atoms with Crippen LogP contribution in [-0.4, -0.2) is 27.4 Å². The summed E-state index contributed by atoms with van der Waals surface area (Å²) < 4.78 is 15.0. The van der Waals surface area contributed by atoms with Crippen molar-refractivity contribution in [2.45, 2.75) is 13.0 Å². The molecule has 0 spiro atoms. The smallest absolute Gasteiger partial charge is 0.266 e. The number of halogens is 1. The lowest BCUT2D eigenvalue weighted by molar-refractivity contribution is 0.0735. The number of benzene rings is 4. The molecule has 5 rings (SSSR count). The number of fused-ring (bicyclic) bond motifs is 2. The minimum Gasteiger partial charge on any atom is -0.332 e. The quantitative estimate of drug-likeness (QED) is 0.362. The normalized spacial score (nSPS) is 12.1. The summed E-state index contributed by atoms with van der Waals surface area (Å²) in [5, 5.41) is 2.48. The topological polar surface area (TPSA) is 55.2 Å². The van der Waals surface area contributed by atoms with E-state index in [1.807, 2.05) is 49.4 Å². The van der Waals surface area contributed by atoms with Gasteiger partial charge in [-0.2, -0.15) is 0 Å². The van der Waals surface area contributed by atoms with E-state index in [1.165, 1.54) is 28.8 Å².